The summed E-state index contributed by atoms with van der Waals surface area (Å²) < 4.78 is 11.1. The van der Waals surface area contributed by atoms with Gasteiger partial charge in [-0.3, -0.25) is 0 Å². The molecule has 0 spiro atoms. The summed E-state index contributed by atoms with van der Waals surface area (Å²) in [6.07, 6.45) is 4.12. The van der Waals surface area contributed by atoms with Crippen LogP contribution in [0.15, 0.2) is 35.1 Å². The highest BCUT2D eigenvalue weighted by Crippen LogP contribution is 2.57. The summed E-state index contributed by atoms with van der Waals surface area (Å²) in [5.41, 5.74) is 1.95. The number of nitrogens with one attached hydrogen (secondary N) is 2. The fourth-order valence-corrected chi connectivity index (χ4v) is 3.72. The number of nitrogens with zero attached hydrogens (tertiary/aromatic N) is 1. The number of carbonyl (C=O) groups is 1. The van der Waals surface area contributed by atoms with E-state index >= 15 is 0 Å². The summed E-state index contributed by atoms with van der Waals surface area (Å²) in [7, 11) is 0. The van der Waals surface area contributed by atoms with Gasteiger partial charge < -0.3 is 19.8 Å². The molecule has 6 heteroatoms. The van der Waals surface area contributed by atoms with Crippen molar-refractivity contribution in [3.8, 4) is 11.5 Å². The zero-order valence-electron chi connectivity index (χ0n) is 14.1. The Bertz CT molecular complexity index is 785. The number of anilines is 1. The number of oxazole rings is 1. The first-order valence-corrected chi connectivity index (χ1v) is 8.15. The third-order valence-corrected chi connectivity index (χ3v) is 5.41. The van der Waals surface area contributed by atoms with E-state index in [0.717, 1.165) is 23.2 Å². The van der Waals surface area contributed by atoms with Crippen molar-refractivity contribution in [2.24, 2.45) is 5.92 Å². The van der Waals surface area contributed by atoms with Crippen molar-refractivity contribution in [2.75, 3.05) is 11.9 Å². The maximum Gasteiger partial charge on any atom is 0.319 e. The lowest BCUT2D eigenvalue weighted by molar-refractivity contribution is -0.00667. The Balaban J connectivity index is 1.52. The minimum atomic E-state index is -0.329. The number of fused-ring (bicyclic) bond motifs is 1. The van der Waals surface area contributed by atoms with Crippen LogP contribution in [0.4, 0.5) is 10.5 Å². The third-order valence-electron chi connectivity index (χ3n) is 5.41. The molecule has 1 saturated carbocycles. The van der Waals surface area contributed by atoms with Crippen LogP contribution in [0.2, 0.25) is 0 Å². The second-order valence-electron chi connectivity index (χ2n) is 7.09. The van der Waals surface area contributed by atoms with Crippen molar-refractivity contribution >= 4 is 11.7 Å². The lowest BCUT2D eigenvalue weighted by Crippen LogP contribution is -2.52. The molecule has 24 heavy (non-hydrogen) atoms. The fourth-order valence-electron chi connectivity index (χ4n) is 3.72. The number of benzene rings is 1. The molecule has 2 aromatic rings. The lowest BCUT2D eigenvalue weighted by Gasteiger charge is -2.31. The molecule has 0 radical (unpaired) electrons. The molecule has 2 amide bonds. The van der Waals surface area contributed by atoms with Gasteiger partial charge in [0.05, 0.1) is 23.9 Å². The normalized spacial score (nSPS) is 26.7. The molecule has 2 N–H and O–H groups in total. The molecule has 1 aliphatic carbocycles. The van der Waals surface area contributed by atoms with Crippen LogP contribution < -0.4 is 10.6 Å². The number of carbonyl (C=O) groups excluding carboxylic acids is 1. The van der Waals surface area contributed by atoms with Gasteiger partial charge in [0.2, 0.25) is 5.89 Å². The lowest BCUT2D eigenvalue weighted by atomic mass is 9.96. The van der Waals surface area contributed by atoms with Gasteiger partial charge in [0.1, 0.15) is 6.26 Å². The molecule has 2 unspecified atom stereocenters. The van der Waals surface area contributed by atoms with Gasteiger partial charge in [0, 0.05) is 17.2 Å². The number of rotatable bonds is 3. The highest BCUT2D eigenvalue weighted by molar-refractivity contribution is 5.92. The molecule has 1 aromatic heterocycles. The van der Waals surface area contributed by atoms with E-state index in [2.05, 4.69) is 15.6 Å². The molecular weight excluding hydrogens is 306 g/mol. The minimum absolute atomic E-state index is 0.205. The first-order valence-electron chi connectivity index (χ1n) is 8.15. The SMILES string of the molecule is Cc1c(NC(=O)NC23CC2COC3(C)C)cccc1-c1ncco1. The van der Waals surface area contributed by atoms with Gasteiger partial charge >= 0.3 is 6.03 Å². The Morgan fingerprint density at radius 2 is 2.21 bits per heavy atom. The van der Waals surface area contributed by atoms with Crippen molar-refractivity contribution in [2.45, 2.75) is 38.3 Å². The predicted octanol–water partition coefficient (Wildman–Crippen LogP) is 3.34. The van der Waals surface area contributed by atoms with Gasteiger partial charge in [-0.1, -0.05) is 6.07 Å². The number of hydrogen-bond acceptors (Lipinski definition) is 4. The standard InChI is InChI=1S/C18H21N3O3/c1-11-13(15-19-7-8-23-15)5-4-6-14(11)20-16(22)21-18-9-12(18)10-24-17(18,2)3/h4-8,12H,9-10H2,1-3H3,(H2,20,21,22). The number of amides is 2. The first kappa shape index (κ1) is 15.2. The van der Waals surface area contributed by atoms with E-state index in [9.17, 15) is 4.79 Å². The molecule has 2 atom stereocenters. The third kappa shape index (κ3) is 2.21. The van der Waals surface area contributed by atoms with E-state index in [-0.39, 0.29) is 17.2 Å². The highest BCUT2D eigenvalue weighted by Gasteiger charge is 2.69. The molecule has 1 aliphatic heterocycles. The Kier molecular flexibility index (Phi) is 3.22. The van der Waals surface area contributed by atoms with E-state index in [4.69, 9.17) is 9.15 Å². The summed E-state index contributed by atoms with van der Waals surface area (Å²) in [6, 6.07) is 5.47. The van der Waals surface area contributed by atoms with Gasteiger partial charge in [-0.25, -0.2) is 9.78 Å². The molecule has 2 heterocycles. The second kappa shape index (κ2) is 5.08. The Morgan fingerprint density at radius 3 is 2.83 bits per heavy atom. The highest BCUT2D eigenvalue weighted by atomic mass is 16.5. The zero-order chi connectivity index (χ0) is 16.9. The summed E-state index contributed by atoms with van der Waals surface area (Å²) in [5.74, 6) is 0.959. The smallest absolute Gasteiger partial charge is 0.319 e. The average Bonchev–Trinajstić information content (AvgIpc) is 2.90. The van der Waals surface area contributed by atoms with Crippen molar-refractivity contribution in [1.29, 1.82) is 0 Å². The minimum Gasteiger partial charge on any atom is -0.445 e. The van der Waals surface area contributed by atoms with Crippen molar-refractivity contribution in [1.82, 2.24) is 10.3 Å². The maximum atomic E-state index is 12.5. The molecule has 2 aliphatic rings. The van der Waals surface area contributed by atoms with Gasteiger partial charge in [-0.15, -0.1) is 0 Å². The topological polar surface area (TPSA) is 76.4 Å². The van der Waals surface area contributed by atoms with E-state index in [1.165, 1.54) is 6.26 Å². The molecule has 4 rings (SSSR count). The average molecular weight is 327 g/mol. The van der Waals surface area contributed by atoms with Crippen LogP contribution in [-0.2, 0) is 4.74 Å². The Labute approximate surface area is 140 Å². The van der Waals surface area contributed by atoms with Crippen molar-refractivity contribution in [3.05, 3.63) is 36.2 Å². The number of aromatic nitrogens is 1. The largest absolute Gasteiger partial charge is 0.445 e. The predicted molar refractivity (Wildman–Crippen MR) is 89.7 cm³/mol. The van der Waals surface area contributed by atoms with Gasteiger partial charge in [-0.05, 0) is 44.9 Å². The molecule has 1 saturated heterocycles. The summed E-state index contributed by atoms with van der Waals surface area (Å²) >= 11 is 0. The Morgan fingerprint density at radius 1 is 1.38 bits per heavy atom. The molecule has 1 aromatic carbocycles. The van der Waals surface area contributed by atoms with Crippen LogP contribution in [0, 0.1) is 12.8 Å². The number of ether oxygens (including phenoxy) is 1. The van der Waals surface area contributed by atoms with Crippen molar-refractivity contribution in [3.63, 3.8) is 0 Å². The second-order valence-corrected chi connectivity index (χ2v) is 7.09. The summed E-state index contributed by atoms with van der Waals surface area (Å²) in [4.78, 5) is 16.7. The molecule has 126 valence electrons. The molecule has 0 bridgehead atoms. The van der Waals surface area contributed by atoms with Crippen LogP contribution in [0.25, 0.3) is 11.5 Å². The van der Waals surface area contributed by atoms with E-state index in [0.29, 0.717) is 18.4 Å². The first-order chi connectivity index (χ1) is 11.4. The van der Waals surface area contributed by atoms with Gasteiger partial charge in [-0.2, -0.15) is 0 Å². The van der Waals surface area contributed by atoms with Crippen LogP contribution in [0.1, 0.15) is 25.8 Å². The van der Waals surface area contributed by atoms with Crippen LogP contribution in [-0.4, -0.2) is 28.8 Å². The van der Waals surface area contributed by atoms with Crippen LogP contribution >= 0.6 is 0 Å². The zero-order valence-corrected chi connectivity index (χ0v) is 14.1. The number of hydrogen-bond donors (Lipinski definition) is 2. The molecule has 6 nitrogen and oxygen atoms in total. The number of urea groups is 1. The maximum absolute atomic E-state index is 12.5. The van der Waals surface area contributed by atoms with Crippen molar-refractivity contribution < 1.29 is 13.9 Å². The van der Waals surface area contributed by atoms with Gasteiger partial charge in [0.25, 0.3) is 0 Å². The molecular formula is C18H21N3O3. The Hall–Kier alpha value is -2.34. The van der Waals surface area contributed by atoms with E-state index in [1.54, 1.807) is 6.20 Å². The molecule has 2 fully saturated rings. The summed E-state index contributed by atoms with van der Waals surface area (Å²) in [6.45, 7) is 6.73. The van der Waals surface area contributed by atoms with E-state index < -0.39 is 0 Å². The van der Waals surface area contributed by atoms with Gasteiger partial charge in [0.15, 0.2) is 0 Å². The quantitative estimate of drug-likeness (QED) is 0.906. The fraction of sp³-hybridized carbons (Fsp3) is 0.444. The monoisotopic (exact) mass is 327 g/mol. The van der Waals surface area contributed by atoms with E-state index in [1.807, 2.05) is 39.0 Å². The summed E-state index contributed by atoms with van der Waals surface area (Å²) in [5, 5.41) is 6.09. The van der Waals surface area contributed by atoms with Crippen LogP contribution in [0.5, 0.6) is 0 Å². The van der Waals surface area contributed by atoms with Crippen LogP contribution in [0.3, 0.4) is 0 Å².